The largest absolute Gasteiger partial charge is 0.103 e. The summed E-state index contributed by atoms with van der Waals surface area (Å²) in [6, 6.07) is 0. The summed E-state index contributed by atoms with van der Waals surface area (Å²) < 4.78 is 0. The highest BCUT2D eigenvalue weighted by molar-refractivity contribution is 5.01. The Bertz CT molecular complexity index is 2710. The summed E-state index contributed by atoms with van der Waals surface area (Å²) in [4.78, 5) is 0. The minimum atomic E-state index is 0.379. The van der Waals surface area contributed by atoms with Gasteiger partial charge in [0, 0.05) is 0 Å². The number of hydrogen-bond donors (Lipinski definition) is 0. The van der Waals surface area contributed by atoms with Gasteiger partial charge in [0.05, 0.1) is 0 Å². The first-order valence-corrected chi connectivity index (χ1v) is 66.4. The van der Waals surface area contributed by atoms with Crippen LogP contribution in [-0.4, -0.2) is 0 Å². The molecule has 6 rings (SSSR count). The molecule has 0 spiro atoms. The van der Waals surface area contributed by atoms with E-state index < -0.39 is 0 Å². The van der Waals surface area contributed by atoms with Gasteiger partial charge in [0.15, 0.2) is 0 Å². The van der Waals surface area contributed by atoms with Crippen molar-refractivity contribution in [3.05, 3.63) is 12.7 Å². The monoisotopic (exact) mass is 1920 g/mol. The zero-order valence-electron chi connectivity index (χ0n) is 99.3. The fraction of sp³-hybridized carbons (Fsp3) is 0.986. The van der Waals surface area contributed by atoms with E-state index in [1.54, 1.807) is 57.8 Å². The summed E-state index contributed by atoms with van der Waals surface area (Å²) in [5, 5.41) is 0. The summed E-state index contributed by atoms with van der Waals surface area (Å²) in [6.45, 7) is 52.6. The van der Waals surface area contributed by atoms with Crippen molar-refractivity contribution in [2.45, 2.75) is 735 Å². The van der Waals surface area contributed by atoms with Crippen molar-refractivity contribution in [1.29, 1.82) is 0 Å². The van der Waals surface area contributed by atoms with Crippen LogP contribution >= 0.6 is 0 Å². The van der Waals surface area contributed by atoms with E-state index in [9.17, 15) is 0 Å². The van der Waals surface area contributed by atoms with Gasteiger partial charge >= 0.3 is 0 Å². The lowest BCUT2D eigenvalue weighted by atomic mass is 9.53. The van der Waals surface area contributed by atoms with E-state index in [0.29, 0.717) is 32.5 Å². The average Bonchev–Trinajstić information content (AvgIpc) is 0.773. The van der Waals surface area contributed by atoms with Gasteiger partial charge in [0.1, 0.15) is 0 Å². The van der Waals surface area contributed by atoms with Crippen molar-refractivity contribution in [3.63, 3.8) is 0 Å². The highest BCUT2D eigenvalue weighted by Crippen LogP contribution is 2.60. The lowest BCUT2D eigenvalue weighted by Gasteiger charge is -2.52. The lowest BCUT2D eigenvalue weighted by Crippen LogP contribution is -2.43. The molecule has 816 valence electrons. The average molecular weight is 1920 g/mol. The van der Waals surface area contributed by atoms with Crippen molar-refractivity contribution in [2.24, 2.45) is 133 Å². The van der Waals surface area contributed by atoms with Crippen LogP contribution in [0, 0.1) is 133 Å². The zero-order chi connectivity index (χ0) is 99.7. The molecule has 6 fully saturated rings. The van der Waals surface area contributed by atoms with Crippen molar-refractivity contribution in [1.82, 2.24) is 0 Å². The third-order valence-electron chi connectivity index (χ3n) is 43.1. The molecule has 0 heterocycles. The molecular formula is C138H264. The topological polar surface area (TPSA) is 0 Å². The number of rotatable bonds is 88. The summed E-state index contributed by atoms with van der Waals surface area (Å²) in [6.07, 6.45) is 143. The quantitative estimate of drug-likeness (QED) is 0.0421. The molecule has 0 saturated heterocycles. The molecule has 6 aliphatic rings. The second-order valence-corrected chi connectivity index (χ2v) is 56.2. The van der Waals surface area contributed by atoms with Crippen molar-refractivity contribution in [3.8, 4) is 0 Å². The molecule has 138 heavy (non-hydrogen) atoms. The predicted molar refractivity (Wildman–Crippen MR) is 625 cm³/mol. The summed E-state index contributed by atoms with van der Waals surface area (Å²) in [5.41, 5.74) is 2.68. The Morgan fingerprint density at radius 3 is 0.703 bits per heavy atom. The van der Waals surface area contributed by atoms with Crippen LogP contribution in [-0.2, 0) is 0 Å². The zero-order valence-corrected chi connectivity index (χ0v) is 99.3. The third-order valence-corrected chi connectivity index (χ3v) is 43.1. The van der Waals surface area contributed by atoms with Gasteiger partial charge in [-0.25, -0.2) is 0 Å². The van der Waals surface area contributed by atoms with Gasteiger partial charge in [0.2, 0.25) is 0 Å². The first-order chi connectivity index (χ1) is 66.8. The Kier molecular flexibility index (Phi) is 69.1. The Morgan fingerprint density at radius 1 is 0.188 bits per heavy atom. The highest BCUT2D eigenvalue weighted by Gasteiger charge is 2.50. The Labute approximate surface area is 874 Å². The molecule has 0 aromatic carbocycles. The van der Waals surface area contributed by atoms with E-state index in [4.69, 9.17) is 0 Å². The summed E-state index contributed by atoms with van der Waals surface area (Å²) in [7, 11) is 0. The first kappa shape index (κ1) is 126. The summed E-state index contributed by atoms with van der Waals surface area (Å²) in [5.74, 6) is 15.3. The highest BCUT2D eigenvalue weighted by atomic mass is 14.6. The Balaban J connectivity index is 1.31. The first-order valence-electron chi connectivity index (χ1n) is 66.4. The fourth-order valence-electron chi connectivity index (χ4n) is 32.6. The smallest absolute Gasteiger partial charge is 0.0236 e. The van der Waals surface area contributed by atoms with Crippen LogP contribution in [0.1, 0.15) is 735 Å². The van der Waals surface area contributed by atoms with Gasteiger partial charge in [-0.1, -0.05) is 535 Å². The maximum absolute atomic E-state index is 4.47. The Morgan fingerprint density at radius 2 is 0.406 bits per heavy atom. The second kappa shape index (κ2) is 75.4. The molecule has 0 aromatic rings. The molecule has 0 heteroatoms. The molecule has 6 aliphatic carbocycles. The Hall–Kier alpha value is -0.260. The van der Waals surface area contributed by atoms with E-state index in [1.165, 1.54) is 552 Å². The molecule has 0 radical (unpaired) electrons. The van der Waals surface area contributed by atoms with Crippen molar-refractivity contribution >= 4 is 0 Å². The van der Waals surface area contributed by atoms with E-state index in [-0.39, 0.29) is 0 Å². The SMILES string of the molecule is C=CC1CCC(C(C)(C)CC(C2CCC(C(C)(C)CC(CCCCCCCCCCCC)C3CCC(C(C)(C)CCCCCCCCCCCC)CC3)CC2)C(CCC(CCCCCCCCCCCC)C2CCC(C(C)(C)CCCCCCCCCCCC)CC2)C2CCC(C(C)(C)C(CCCCCCCCCCCCC)C3CCC(C(C)(C)CCCCCCCCCCCC)CC3)CC2)CC1. The van der Waals surface area contributed by atoms with Gasteiger partial charge in [-0.3, -0.25) is 0 Å². The van der Waals surface area contributed by atoms with Crippen LogP contribution in [0.25, 0.3) is 0 Å². The molecule has 0 aromatic heterocycles. The molecule has 6 saturated carbocycles. The van der Waals surface area contributed by atoms with Gasteiger partial charge in [-0.2, -0.15) is 0 Å². The van der Waals surface area contributed by atoms with Crippen LogP contribution in [0.4, 0.5) is 0 Å². The number of unbranched alkanes of at least 4 members (excludes halogenated alkanes) is 55. The molecule has 5 unspecified atom stereocenters. The van der Waals surface area contributed by atoms with Gasteiger partial charge in [0.25, 0.3) is 0 Å². The maximum Gasteiger partial charge on any atom is -0.0236 e. The van der Waals surface area contributed by atoms with Crippen molar-refractivity contribution < 1.29 is 0 Å². The van der Waals surface area contributed by atoms with Gasteiger partial charge in [-0.05, 0) is 339 Å². The number of allylic oxidation sites excluding steroid dienone is 1. The summed E-state index contributed by atoms with van der Waals surface area (Å²) >= 11 is 0. The molecule has 0 N–H and O–H groups in total. The third kappa shape index (κ3) is 51.5. The molecular weight excluding hydrogens is 1660 g/mol. The predicted octanol–water partition coefficient (Wildman–Crippen LogP) is 49.1. The lowest BCUT2D eigenvalue weighted by molar-refractivity contribution is -0.0209. The van der Waals surface area contributed by atoms with E-state index in [0.717, 1.165) is 101 Å². The standard InChI is InChI=1S/C138H264/c1-20-27-33-39-45-51-57-60-66-72-78-84-132(122-95-106-126(107-96-122)135(12,13)113-81-75-69-63-56-50-44-38-32-25-6)138(18,19)129-108-93-120(94-109-129)130(110-97-117(82-76-70-64-58-52-46-40-34-28-21-2)118-87-100-124(101-88-118)133(8,9)111-79-73-67-61-54-48-42-36-30-23-4)131(115-137(16,17)127-98-85-116(26-7)86-99-127)121-91-104-128(105-92-121)136(14,15)114-123(83-77-71-65-59-53-47-41-35-29-22-3)119-89-102-125(103-90-119)134(10,11)112-80-74-68-62-55-49-43-37-31-24-5/h26,116-132H,7,20-25,27-115H2,1-6,8-19H3. The fourth-order valence-corrected chi connectivity index (χ4v) is 32.6. The molecule has 0 amide bonds. The van der Waals surface area contributed by atoms with Crippen LogP contribution < -0.4 is 0 Å². The minimum absolute atomic E-state index is 0.379. The van der Waals surface area contributed by atoms with Crippen molar-refractivity contribution in [2.75, 3.05) is 0 Å². The maximum atomic E-state index is 4.47. The normalized spacial score (nSPS) is 24.2. The molecule has 5 atom stereocenters. The van der Waals surface area contributed by atoms with Gasteiger partial charge in [-0.15, -0.1) is 6.58 Å². The van der Waals surface area contributed by atoms with E-state index >= 15 is 0 Å². The molecule has 0 nitrogen and oxygen atoms in total. The second-order valence-electron chi connectivity index (χ2n) is 56.2. The minimum Gasteiger partial charge on any atom is -0.103 e. The van der Waals surface area contributed by atoms with Crippen LogP contribution in [0.2, 0.25) is 0 Å². The van der Waals surface area contributed by atoms with Crippen LogP contribution in [0.15, 0.2) is 12.7 Å². The van der Waals surface area contributed by atoms with E-state index in [2.05, 4.69) is 137 Å². The van der Waals surface area contributed by atoms with Crippen LogP contribution in [0.5, 0.6) is 0 Å². The van der Waals surface area contributed by atoms with E-state index in [1.807, 2.05) is 0 Å². The number of hydrogen-bond acceptors (Lipinski definition) is 0. The van der Waals surface area contributed by atoms with Crippen LogP contribution in [0.3, 0.4) is 0 Å². The molecule has 0 aliphatic heterocycles. The molecule has 0 bridgehead atoms. The van der Waals surface area contributed by atoms with Gasteiger partial charge < -0.3 is 0 Å².